The fourth-order valence-corrected chi connectivity index (χ4v) is 3.36. The van der Waals surface area contributed by atoms with Gasteiger partial charge in [-0.2, -0.15) is 0 Å². The van der Waals surface area contributed by atoms with Crippen molar-refractivity contribution in [2.75, 3.05) is 13.1 Å². The van der Waals surface area contributed by atoms with E-state index in [1.54, 1.807) is 23.7 Å². The van der Waals surface area contributed by atoms with Crippen LogP contribution in [0.5, 0.6) is 5.75 Å². The van der Waals surface area contributed by atoms with E-state index < -0.39 is 0 Å². The molecule has 0 aliphatic carbocycles. The van der Waals surface area contributed by atoms with E-state index in [-0.39, 0.29) is 6.10 Å². The van der Waals surface area contributed by atoms with Crippen LogP contribution in [0.4, 0.5) is 0 Å². The van der Waals surface area contributed by atoms with E-state index >= 15 is 0 Å². The quantitative estimate of drug-likeness (QED) is 0.849. The molecule has 1 fully saturated rings. The number of hydrogen-bond acceptors (Lipinski definition) is 5. The third-order valence-corrected chi connectivity index (χ3v) is 4.82. The average molecular weight is 303 g/mol. The molecule has 0 spiro atoms. The van der Waals surface area contributed by atoms with Crippen LogP contribution < -0.4 is 4.74 Å². The van der Waals surface area contributed by atoms with Crippen LogP contribution in [0, 0.1) is 0 Å². The number of hydrogen-bond donors (Lipinski definition) is 0. The minimum absolute atomic E-state index is 0.274. The van der Waals surface area contributed by atoms with Crippen molar-refractivity contribution in [1.29, 1.82) is 0 Å². The smallest absolute Gasteiger partial charge is 0.122 e. The van der Waals surface area contributed by atoms with E-state index in [2.05, 4.69) is 29.1 Å². The Hall–Kier alpha value is -1.46. The highest BCUT2D eigenvalue weighted by atomic mass is 32.1. The maximum absolute atomic E-state index is 5.99. The Balaban J connectivity index is 1.52. The lowest BCUT2D eigenvalue weighted by Crippen LogP contribution is -2.24. The SMILES string of the molecule is CC(C)c1nc(CN2CCC(Oc3ccncc3)C2)cs1. The normalized spacial score (nSPS) is 19.3. The number of pyridine rings is 1. The number of aromatic nitrogens is 2. The van der Waals surface area contributed by atoms with Crippen molar-refractivity contribution < 1.29 is 4.74 Å². The number of likely N-dealkylation sites (tertiary alicyclic amines) is 1. The molecular formula is C16H21N3OS. The summed E-state index contributed by atoms with van der Waals surface area (Å²) < 4.78 is 5.99. The van der Waals surface area contributed by atoms with Gasteiger partial charge in [-0.1, -0.05) is 13.8 Å². The van der Waals surface area contributed by atoms with Gasteiger partial charge in [0.15, 0.2) is 0 Å². The van der Waals surface area contributed by atoms with Gasteiger partial charge in [0, 0.05) is 43.3 Å². The second-order valence-electron chi connectivity index (χ2n) is 5.78. The number of ether oxygens (including phenoxy) is 1. The molecule has 1 unspecified atom stereocenters. The van der Waals surface area contributed by atoms with Gasteiger partial charge in [-0.25, -0.2) is 4.98 Å². The highest BCUT2D eigenvalue weighted by molar-refractivity contribution is 7.09. The molecule has 0 N–H and O–H groups in total. The molecule has 1 aliphatic rings. The maximum Gasteiger partial charge on any atom is 0.122 e. The highest BCUT2D eigenvalue weighted by Crippen LogP contribution is 2.22. The lowest BCUT2D eigenvalue weighted by molar-refractivity contribution is 0.197. The van der Waals surface area contributed by atoms with Crippen LogP contribution >= 0.6 is 11.3 Å². The lowest BCUT2D eigenvalue weighted by Gasteiger charge is -2.15. The molecule has 112 valence electrons. The van der Waals surface area contributed by atoms with Crippen LogP contribution in [-0.4, -0.2) is 34.1 Å². The molecule has 0 bridgehead atoms. The largest absolute Gasteiger partial charge is 0.489 e. The van der Waals surface area contributed by atoms with Crippen molar-refractivity contribution in [3.63, 3.8) is 0 Å². The summed E-state index contributed by atoms with van der Waals surface area (Å²) >= 11 is 1.77. The van der Waals surface area contributed by atoms with Crippen LogP contribution in [0.2, 0.25) is 0 Å². The van der Waals surface area contributed by atoms with E-state index in [4.69, 9.17) is 9.72 Å². The van der Waals surface area contributed by atoms with Gasteiger partial charge in [0.25, 0.3) is 0 Å². The summed E-state index contributed by atoms with van der Waals surface area (Å²) in [4.78, 5) is 11.1. The molecule has 2 aromatic rings. The molecule has 0 aromatic carbocycles. The summed E-state index contributed by atoms with van der Waals surface area (Å²) in [6.07, 6.45) is 4.88. The Bertz CT molecular complexity index is 570. The summed E-state index contributed by atoms with van der Waals surface area (Å²) in [6.45, 7) is 7.36. The monoisotopic (exact) mass is 303 g/mol. The zero-order valence-electron chi connectivity index (χ0n) is 12.5. The topological polar surface area (TPSA) is 38.2 Å². The van der Waals surface area contributed by atoms with Crippen molar-refractivity contribution in [1.82, 2.24) is 14.9 Å². The lowest BCUT2D eigenvalue weighted by atomic mass is 10.2. The minimum atomic E-state index is 0.274. The minimum Gasteiger partial charge on any atom is -0.489 e. The predicted octanol–water partition coefficient (Wildman–Crippen LogP) is 3.31. The van der Waals surface area contributed by atoms with Crippen LogP contribution in [0.25, 0.3) is 0 Å². The van der Waals surface area contributed by atoms with Gasteiger partial charge in [0.2, 0.25) is 0 Å². The first-order chi connectivity index (χ1) is 10.2. The molecule has 2 aromatic heterocycles. The molecule has 5 heteroatoms. The van der Waals surface area contributed by atoms with Gasteiger partial charge in [-0.3, -0.25) is 9.88 Å². The molecule has 3 heterocycles. The molecule has 0 radical (unpaired) electrons. The summed E-state index contributed by atoms with van der Waals surface area (Å²) in [6, 6.07) is 3.83. The molecule has 21 heavy (non-hydrogen) atoms. The fraction of sp³-hybridized carbons (Fsp3) is 0.500. The Morgan fingerprint density at radius 1 is 1.38 bits per heavy atom. The molecule has 0 amide bonds. The van der Waals surface area contributed by atoms with Crippen molar-refractivity contribution in [3.8, 4) is 5.75 Å². The Kier molecular flexibility index (Phi) is 4.51. The Labute approximate surface area is 129 Å². The summed E-state index contributed by atoms with van der Waals surface area (Å²) in [5.41, 5.74) is 1.19. The molecule has 1 atom stereocenters. The van der Waals surface area contributed by atoms with E-state index in [9.17, 15) is 0 Å². The van der Waals surface area contributed by atoms with Crippen LogP contribution in [0.15, 0.2) is 29.9 Å². The third-order valence-electron chi connectivity index (χ3n) is 3.63. The standard InChI is InChI=1S/C16H21N3OS/c1-12(2)16-18-13(11-21-16)9-19-8-5-15(10-19)20-14-3-6-17-7-4-14/h3-4,6-7,11-12,15H,5,8-10H2,1-2H3. The molecule has 1 saturated heterocycles. The first-order valence-electron chi connectivity index (χ1n) is 7.44. The number of thiazole rings is 1. The van der Waals surface area contributed by atoms with Crippen molar-refractivity contribution in [2.24, 2.45) is 0 Å². The third kappa shape index (κ3) is 3.80. The first kappa shape index (κ1) is 14.5. The van der Waals surface area contributed by atoms with Gasteiger partial charge < -0.3 is 4.74 Å². The predicted molar refractivity (Wildman–Crippen MR) is 84.8 cm³/mol. The molecule has 0 saturated carbocycles. The second-order valence-corrected chi connectivity index (χ2v) is 6.67. The summed E-state index contributed by atoms with van der Waals surface area (Å²) in [5.74, 6) is 1.43. The van der Waals surface area contributed by atoms with E-state index in [1.807, 2.05) is 12.1 Å². The second kappa shape index (κ2) is 6.54. The van der Waals surface area contributed by atoms with Gasteiger partial charge in [0.05, 0.1) is 10.7 Å². The number of rotatable bonds is 5. The van der Waals surface area contributed by atoms with Crippen LogP contribution in [-0.2, 0) is 6.54 Å². The molecule has 4 nitrogen and oxygen atoms in total. The van der Waals surface area contributed by atoms with E-state index in [0.29, 0.717) is 5.92 Å². The molecular weight excluding hydrogens is 282 g/mol. The zero-order chi connectivity index (χ0) is 14.7. The van der Waals surface area contributed by atoms with Crippen molar-refractivity contribution in [3.05, 3.63) is 40.6 Å². The van der Waals surface area contributed by atoms with Gasteiger partial charge in [-0.05, 0) is 18.6 Å². The first-order valence-corrected chi connectivity index (χ1v) is 8.32. The van der Waals surface area contributed by atoms with Crippen LogP contribution in [0.3, 0.4) is 0 Å². The Morgan fingerprint density at radius 2 is 2.19 bits per heavy atom. The van der Waals surface area contributed by atoms with Crippen LogP contribution in [0.1, 0.15) is 36.9 Å². The van der Waals surface area contributed by atoms with Gasteiger partial charge in [-0.15, -0.1) is 11.3 Å². The van der Waals surface area contributed by atoms with Crippen molar-refractivity contribution >= 4 is 11.3 Å². The van der Waals surface area contributed by atoms with Crippen molar-refractivity contribution in [2.45, 2.75) is 38.8 Å². The van der Waals surface area contributed by atoms with Gasteiger partial charge in [0.1, 0.15) is 11.9 Å². The zero-order valence-corrected chi connectivity index (χ0v) is 13.3. The average Bonchev–Trinajstić information content (AvgIpc) is 3.10. The fourth-order valence-electron chi connectivity index (χ4n) is 2.54. The summed E-state index contributed by atoms with van der Waals surface area (Å²) in [5, 5.41) is 3.42. The Morgan fingerprint density at radius 3 is 2.90 bits per heavy atom. The molecule has 3 rings (SSSR count). The molecule has 1 aliphatic heterocycles. The highest BCUT2D eigenvalue weighted by Gasteiger charge is 2.24. The van der Waals surface area contributed by atoms with E-state index in [0.717, 1.165) is 31.8 Å². The van der Waals surface area contributed by atoms with E-state index in [1.165, 1.54) is 10.7 Å². The summed E-state index contributed by atoms with van der Waals surface area (Å²) in [7, 11) is 0. The maximum atomic E-state index is 5.99. The number of nitrogens with zero attached hydrogens (tertiary/aromatic N) is 3. The van der Waals surface area contributed by atoms with Gasteiger partial charge >= 0.3 is 0 Å².